The van der Waals surface area contributed by atoms with Crippen molar-refractivity contribution in [2.75, 3.05) is 19.0 Å². The smallest absolute Gasteiger partial charge is 0.259 e. The van der Waals surface area contributed by atoms with E-state index in [2.05, 4.69) is 15.8 Å². The summed E-state index contributed by atoms with van der Waals surface area (Å²) < 4.78 is 5.13. The van der Waals surface area contributed by atoms with Gasteiger partial charge < -0.3 is 10.1 Å². The molecule has 0 spiro atoms. The van der Waals surface area contributed by atoms with Crippen molar-refractivity contribution < 1.29 is 9.53 Å². The number of methoxy groups -OCH3 is 1. The molecule has 0 aromatic heterocycles. The summed E-state index contributed by atoms with van der Waals surface area (Å²) in [6, 6.07) is 17.3. The van der Waals surface area contributed by atoms with E-state index in [0.717, 1.165) is 22.6 Å². The van der Waals surface area contributed by atoms with Crippen LogP contribution in [0.15, 0.2) is 65.3 Å². The molecular weight excluding hydrogens is 302 g/mol. The topological polar surface area (TPSA) is 62.7 Å². The van der Waals surface area contributed by atoms with E-state index in [1.165, 1.54) is 0 Å². The van der Waals surface area contributed by atoms with Crippen LogP contribution in [0.4, 0.5) is 5.69 Å². The molecule has 0 fully saturated rings. The van der Waals surface area contributed by atoms with Gasteiger partial charge in [-0.05, 0) is 30.2 Å². The lowest BCUT2D eigenvalue weighted by Gasteiger charge is -2.06. The van der Waals surface area contributed by atoms with Gasteiger partial charge in [-0.3, -0.25) is 4.79 Å². The molecule has 0 aliphatic carbocycles. The highest BCUT2D eigenvalue weighted by Crippen LogP contribution is 2.16. The zero-order valence-corrected chi connectivity index (χ0v) is 13.8. The Morgan fingerprint density at radius 2 is 1.96 bits per heavy atom. The Morgan fingerprint density at radius 3 is 2.71 bits per heavy atom. The molecular formula is C19H21N3O2. The summed E-state index contributed by atoms with van der Waals surface area (Å²) >= 11 is 0. The monoisotopic (exact) mass is 323 g/mol. The number of nitrogens with zero attached hydrogens (tertiary/aromatic N) is 1. The van der Waals surface area contributed by atoms with Crippen LogP contribution in [0.1, 0.15) is 12.5 Å². The minimum atomic E-state index is -0.221. The zero-order valence-electron chi connectivity index (χ0n) is 13.8. The molecule has 2 aromatic rings. The predicted molar refractivity (Wildman–Crippen MR) is 98.2 cm³/mol. The standard InChI is InChI=1S/C19H21N3O2/c1-15(11-16-7-4-3-5-8-16)13-21-22-19(23)14-20-17-9-6-10-18(12-17)24-2/h3-13,20H,14H2,1-2H3,(H,22,23)/b15-11+,21-13-. The number of hydrogen-bond acceptors (Lipinski definition) is 4. The molecule has 0 atom stereocenters. The van der Waals surface area contributed by atoms with Crippen molar-refractivity contribution in [2.45, 2.75) is 6.92 Å². The molecule has 1 amide bonds. The van der Waals surface area contributed by atoms with Crippen LogP contribution in [0, 0.1) is 0 Å². The second-order valence-corrected chi connectivity index (χ2v) is 5.18. The molecule has 0 unspecified atom stereocenters. The van der Waals surface area contributed by atoms with E-state index in [-0.39, 0.29) is 12.5 Å². The maximum Gasteiger partial charge on any atom is 0.259 e. The number of amides is 1. The van der Waals surface area contributed by atoms with Crippen LogP contribution in [0.3, 0.4) is 0 Å². The van der Waals surface area contributed by atoms with Crippen molar-refractivity contribution in [3.63, 3.8) is 0 Å². The Bertz CT molecular complexity index is 724. The second-order valence-electron chi connectivity index (χ2n) is 5.18. The average molecular weight is 323 g/mol. The van der Waals surface area contributed by atoms with Gasteiger partial charge in [-0.25, -0.2) is 5.43 Å². The third-order valence-corrected chi connectivity index (χ3v) is 3.17. The lowest BCUT2D eigenvalue weighted by molar-refractivity contribution is -0.119. The zero-order chi connectivity index (χ0) is 17.2. The van der Waals surface area contributed by atoms with E-state index < -0.39 is 0 Å². The van der Waals surface area contributed by atoms with Crippen molar-refractivity contribution in [3.05, 3.63) is 65.7 Å². The molecule has 124 valence electrons. The van der Waals surface area contributed by atoms with Gasteiger partial charge in [0, 0.05) is 11.8 Å². The molecule has 2 aromatic carbocycles. The minimum absolute atomic E-state index is 0.131. The normalized spacial score (nSPS) is 11.3. The first-order chi connectivity index (χ1) is 11.7. The van der Waals surface area contributed by atoms with Crippen LogP contribution in [-0.2, 0) is 4.79 Å². The van der Waals surface area contributed by atoms with Gasteiger partial charge in [0.2, 0.25) is 0 Å². The Labute approximate surface area is 142 Å². The van der Waals surface area contributed by atoms with Gasteiger partial charge in [-0.15, -0.1) is 0 Å². The average Bonchev–Trinajstić information content (AvgIpc) is 2.61. The fraction of sp³-hybridized carbons (Fsp3) is 0.158. The van der Waals surface area contributed by atoms with E-state index in [9.17, 15) is 4.79 Å². The number of rotatable bonds is 7. The number of anilines is 1. The maximum atomic E-state index is 11.8. The number of ether oxygens (including phenoxy) is 1. The summed E-state index contributed by atoms with van der Waals surface area (Å²) in [6.45, 7) is 2.06. The van der Waals surface area contributed by atoms with Gasteiger partial charge in [-0.1, -0.05) is 42.5 Å². The summed E-state index contributed by atoms with van der Waals surface area (Å²) in [6.07, 6.45) is 3.61. The molecule has 0 bridgehead atoms. The molecule has 0 saturated heterocycles. The quantitative estimate of drug-likeness (QED) is 0.607. The van der Waals surface area contributed by atoms with Crippen molar-refractivity contribution in [1.29, 1.82) is 0 Å². The van der Waals surface area contributed by atoms with Crippen molar-refractivity contribution in [1.82, 2.24) is 5.43 Å². The summed E-state index contributed by atoms with van der Waals surface area (Å²) in [5.41, 5.74) is 5.34. The molecule has 0 heterocycles. The van der Waals surface area contributed by atoms with E-state index in [4.69, 9.17) is 4.74 Å². The second kappa shape index (κ2) is 9.15. The number of carbonyl (C=O) groups excluding carboxylic acids is 1. The highest BCUT2D eigenvalue weighted by atomic mass is 16.5. The number of carbonyl (C=O) groups is 1. The largest absolute Gasteiger partial charge is 0.497 e. The molecule has 0 saturated carbocycles. The number of hydrogen-bond donors (Lipinski definition) is 2. The van der Waals surface area contributed by atoms with Gasteiger partial charge >= 0.3 is 0 Å². The third-order valence-electron chi connectivity index (χ3n) is 3.17. The summed E-state index contributed by atoms with van der Waals surface area (Å²) in [7, 11) is 1.60. The summed E-state index contributed by atoms with van der Waals surface area (Å²) in [5, 5.41) is 6.97. The molecule has 2 rings (SSSR count). The van der Waals surface area contributed by atoms with Crippen LogP contribution >= 0.6 is 0 Å². The van der Waals surface area contributed by atoms with E-state index in [1.54, 1.807) is 13.3 Å². The Kier molecular flexibility index (Phi) is 6.58. The Hall–Kier alpha value is -3.08. The van der Waals surface area contributed by atoms with Crippen LogP contribution in [0.2, 0.25) is 0 Å². The SMILES string of the molecule is COc1cccc(NCC(=O)N/N=C\C(C)=C\c2ccccc2)c1. The molecule has 0 radical (unpaired) electrons. The van der Waals surface area contributed by atoms with Crippen molar-refractivity contribution in [3.8, 4) is 5.75 Å². The number of allylic oxidation sites excluding steroid dienone is 1. The number of nitrogens with one attached hydrogen (secondary N) is 2. The summed E-state index contributed by atoms with van der Waals surface area (Å²) in [5.74, 6) is 0.515. The molecule has 0 aliphatic rings. The highest BCUT2D eigenvalue weighted by molar-refractivity contribution is 5.87. The maximum absolute atomic E-state index is 11.8. The molecule has 5 heteroatoms. The first-order valence-corrected chi connectivity index (χ1v) is 7.60. The number of hydrazone groups is 1. The van der Waals surface area contributed by atoms with Gasteiger partial charge in [0.15, 0.2) is 0 Å². The van der Waals surface area contributed by atoms with Gasteiger partial charge in [0.25, 0.3) is 5.91 Å². The lowest BCUT2D eigenvalue weighted by atomic mass is 10.1. The molecule has 24 heavy (non-hydrogen) atoms. The first kappa shape index (κ1) is 17.3. The van der Waals surface area contributed by atoms with Gasteiger partial charge in [0.1, 0.15) is 5.75 Å². The van der Waals surface area contributed by atoms with Crippen molar-refractivity contribution in [2.24, 2.45) is 5.10 Å². The van der Waals surface area contributed by atoms with Crippen LogP contribution in [0.25, 0.3) is 6.08 Å². The van der Waals surface area contributed by atoms with E-state index in [1.807, 2.05) is 67.6 Å². The first-order valence-electron chi connectivity index (χ1n) is 7.60. The van der Waals surface area contributed by atoms with Gasteiger partial charge in [0.05, 0.1) is 19.9 Å². The van der Waals surface area contributed by atoms with Crippen molar-refractivity contribution >= 4 is 23.9 Å². The fourth-order valence-electron chi connectivity index (χ4n) is 2.01. The van der Waals surface area contributed by atoms with Gasteiger partial charge in [-0.2, -0.15) is 5.10 Å². The molecule has 5 nitrogen and oxygen atoms in total. The third kappa shape index (κ3) is 5.96. The minimum Gasteiger partial charge on any atom is -0.497 e. The Balaban J connectivity index is 1.79. The predicted octanol–water partition coefficient (Wildman–Crippen LogP) is 3.31. The number of benzene rings is 2. The van der Waals surface area contributed by atoms with E-state index in [0.29, 0.717) is 0 Å². The molecule has 2 N–H and O–H groups in total. The van der Waals surface area contributed by atoms with Crippen LogP contribution in [-0.4, -0.2) is 25.8 Å². The van der Waals surface area contributed by atoms with E-state index >= 15 is 0 Å². The van der Waals surface area contributed by atoms with Crippen LogP contribution < -0.4 is 15.5 Å². The molecule has 0 aliphatic heterocycles. The fourth-order valence-corrected chi connectivity index (χ4v) is 2.01. The highest BCUT2D eigenvalue weighted by Gasteiger charge is 2.00. The van der Waals surface area contributed by atoms with Crippen LogP contribution in [0.5, 0.6) is 5.75 Å². The lowest BCUT2D eigenvalue weighted by Crippen LogP contribution is -2.25. The summed E-state index contributed by atoms with van der Waals surface area (Å²) in [4.78, 5) is 11.8. The Morgan fingerprint density at radius 1 is 1.17 bits per heavy atom.